The first kappa shape index (κ1) is 17.7. The average Bonchev–Trinajstić information content (AvgIpc) is 2.99. The highest BCUT2D eigenvalue weighted by molar-refractivity contribution is 7.14. The Morgan fingerprint density at radius 1 is 1.20 bits per heavy atom. The number of hydrogen-bond donors (Lipinski definition) is 1. The summed E-state index contributed by atoms with van der Waals surface area (Å²) in [5, 5.41) is 3.08. The second-order valence-electron chi connectivity index (χ2n) is 7.01. The van der Waals surface area contributed by atoms with Crippen LogP contribution in [0.5, 0.6) is 0 Å². The van der Waals surface area contributed by atoms with Gasteiger partial charge < -0.3 is 10.2 Å². The second kappa shape index (κ2) is 7.00. The van der Waals surface area contributed by atoms with Crippen LogP contribution >= 0.6 is 11.3 Å². The number of fused-ring (bicyclic) bond motifs is 1. The highest BCUT2D eigenvalue weighted by Gasteiger charge is 2.28. The van der Waals surface area contributed by atoms with Crippen molar-refractivity contribution in [3.05, 3.63) is 50.7 Å². The summed E-state index contributed by atoms with van der Waals surface area (Å²) >= 11 is 1.57. The van der Waals surface area contributed by atoms with Crippen molar-refractivity contribution in [1.29, 1.82) is 0 Å². The van der Waals surface area contributed by atoms with Gasteiger partial charge in [0.05, 0.1) is 4.88 Å². The van der Waals surface area contributed by atoms with Crippen molar-refractivity contribution in [2.24, 2.45) is 5.92 Å². The van der Waals surface area contributed by atoms with Crippen molar-refractivity contribution >= 4 is 28.8 Å². The number of anilines is 1. The van der Waals surface area contributed by atoms with E-state index < -0.39 is 0 Å². The topological polar surface area (TPSA) is 49.4 Å². The van der Waals surface area contributed by atoms with Crippen molar-refractivity contribution in [2.75, 3.05) is 19.4 Å². The highest BCUT2D eigenvalue weighted by Crippen LogP contribution is 2.33. The molecule has 0 fully saturated rings. The first-order chi connectivity index (χ1) is 11.8. The minimum atomic E-state index is -0.0369. The molecule has 1 heterocycles. The van der Waals surface area contributed by atoms with Crippen LogP contribution in [0.15, 0.2) is 24.3 Å². The lowest BCUT2D eigenvalue weighted by atomic mass is 9.87. The van der Waals surface area contributed by atoms with Crippen LogP contribution in [0, 0.1) is 19.8 Å². The van der Waals surface area contributed by atoms with Gasteiger partial charge in [-0.25, -0.2) is 0 Å². The number of rotatable bonds is 3. The maximum atomic E-state index is 12.7. The fourth-order valence-corrected chi connectivity index (χ4v) is 4.49. The number of nitrogens with one attached hydrogen (secondary N) is 1. The van der Waals surface area contributed by atoms with E-state index in [-0.39, 0.29) is 17.7 Å². The molecule has 1 atom stereocenters. The number of carbonyl (C=O) groups excluding carboxylic acids is 2. The van der Waals surface area contributed by atoms with Crippen LogP contribution in [0.25, 0.3) is 0 Å². The summed E-state index contributed by atoms with van der Waals surface area (Å²) in [7, 11) is 3.53. The van der Waals surface area contributed by atoms with Gasteiger partial charge in [0.25, 0.3) is 5.91 Å². The number of carbonyl (C=O) groups is 2. The van der Waals surface area contributed by atoms with Gasteiger partial charge in [0, 0.05) is 30.6 Å². The quantitative estimate of drug-likeness (QED) is 0.909. The van der Waals surface area contributed by atoms with Crippen LogP contribution in [0.2, 0.25) is 0 Å². The van der Waals surface area contributed by atoms with Gasteiger partial charge in [-0.05, 0) is 56.4 Å². The molecular weight excluding hydrogens is 332 g/mol. The Morgan fingerprint density at radius 3 is 2.64 bits per heavy atom. The van der Waals surface area contributed by atoms with Crippen LogP contribution in [0.3, 0.4) is 0 Å². The van der Waals surface area contributed by atoms with E-state index in [0.717, 1.165) is 34.5 Å². The minimum Gasteiger partial charge on any atom is -0.344 e. The van der Waals surface area contributed by atoms with E-state index in [1.54, 1.807) is 30.3 Å². The van der Waals surface area contributed by atoms with E-state index in [2.05, 4.69) is 11.4 Å². The van der Waals surface area contributed by atoms with Crippen LogP contribution < -0.4 is 5.32 Å². The summed E-state index contributed by atoms with van der Waals surface area (Å²) in [5.41, 5.74) is 4.31. The maximum Gasteiger partial charge on any atom is 0.263 e. The predicted molar refractivity (Wildman–Crippen MR) is 102 cm³/mol. The molecule has 0 radical (unpaired) electrons. The molecule has 2 amide bonds. The third kappa shape index (κ3) is 3.76. The molecule has 0 aliphatic heterocycles. The van der Waals surface area contributed by atoms with E-state index in [0.29, 0.717) is 6.42 Å². The van der Waals surface area contributed by atoms with Gasteiger partial charge in [-0.2, -0.15) is 0 Å². The highest BCUT2D eigenvalue weighted by atomic mass is 32.1. The fraction of sp³-hybridized carbons (Fsp3) is 0.400. The van der Waals surface area contributed by atoms with Gasteiger partial charge in [0.1, 0.15) is 0 Å². The van der Waals surface area contributed by atoms with Crippen LogP contribution in [-0.4, -0.2) is 30.8 Å². The molecule has 0 spiro atoms. The summed E-state index contributed by atoms with van der Waals surface area (Å²) in [6.07, 6.45) is 2.41. The number of aryl methyl sites for hydroxylation is 3. The van der Waals surface area contributed by atoms with Gasteiger partial charge in [-0.1, -0.05) is 17.7 Å². The minimum absolute atomic E-state index is 0.0369. The first-order valence-electron chi connectivity index (χ1n) is 8.56. The molecule has 5 heteroatoms. The van der Waals surface area contributed by atoms with E-state index in [4.69, 9.17) is 0 Å². The molecule has 0 bridgehead atoms. The van der Waals surface area contributed by atoms with E-state index >= 15 is 0 Å². The van der Waals surface area contributed by atoms with E-state index in [9.17, 15) is 9.59 Å². The van der Waals surface area contributed by atoms with Gasteiger partial charge in [0.2, 0.25) is 5.91 Å². The standard InChI is InChI=1S/C20H24N2O2S/c1-12-5-7-16(13(2)9-12)21-19(23)14-6-8-17-15(10-14)11-18(25-17)20(24)22(3)4/h5,7,9,11,14H,6,8,10H2,1-4H3,(H,21,23)/t14-/m0/s1. The lowest BCUT2D eigenvalue weighted by Gasteiger charge is -2.22. The molecule has 0 saturated heterocycles. The zero-order valence-electron chi connectivity index (χ0n) is 15.2. The molecule has 25 heavy (non-hydrogen) atoms. The third-order valence-corrected chi connectivity index (χ3v) is 5.94. The summed E-state index contributed by atoms with van der Waals surface area (Å²) in [6, 6.07) is 8.03. The fourth-order valence-electron chi connectivity index (χ4n) is 3.26. The molecule has 1 aliphatic rings. The number of nitrogens with zero attached hydrogens (tertiary/aromatic N) is 1. The molecule has 1 aliphatic carbocycles. The number of hydrogen-bond acceptors (Lipinski definition) is 3. The molecule has 2 aromatic rings. The smallest absolute Gasteiger partial charge is 0.263 e. The summed E-state index contributed by atoms with van der Waals surface area (Å²) in [5.74, 6) is 0.0742. The lowest BCUT2D eigenvalue weighted by molar-refractivity contribution is -0.120. The Hall–Kier alpha value is -2.14. The second-order valence-corrected chi connectivity index (χ2v) is 8.14. The summed E-state index contributed by atoms with van der Waals surface area (Å²) < 4.78 is 0. The Bertz CT molecular complexity index is 823. The molecule has 3 rings (SSSR count). The lowest BCUT2D eigenvalue weighted by Crippen LogP contribution is -2.27. The number of thiophene rings is 1. The third-order valence-electron chi connectivity index (χ3n) is 4.71. The van der Waals surface area contributed by atoms with Gasteiger partial charge in [0.15, 0.2) is 0 Å². The zero-order valence-corrected chi connectivity index (χ0v) is 16.0. The van der Waals surface area contributed by atoms with E-state index in [1.165, 1.54) is 10.4 Å². The summed E-state index contributed by atoms with van der Waals surface area (Å²) in [6.45, 7) is 4.06. The maximum absolute atomic E-state index is 12.7. The largest absolute Gasteiger partial charge is 0.344 e. The number of benzene rings is 1. The molecular formula is C20H24N2O2S. The van der Waals surface area contributed by atoms with Crippen molar-refractivity contribution < 1.29 is 9.59 Å². The molecule has 1 N–H and O–H groups in total. The molecule has 4 nitrogen and oxygen atoms in total. The molecule has 132 valence electrons. The average molecular weight is 356 g/mol. The van der Waals surface area contributed by atoms with Crippen molar-refractivity contribution in [3.63, 3.8) is 0 Å². The van der Waals surface area contributed by atoms with Crippen molar-refractivity contribution in [3.8, 4) is 0 Å². The van der Waals surface area contributed by atoms with Crippen molar-refractivity contribution in [2.45, 2.75) is 33.1 Å². The van der Waals surface area contributed by atoms with Crippen molar-refractivity contribution in [1.82, 2.24) is 4.90 Å². The molecule has 1 aromatic heterocycles. The van der Waals surface area contributed by atoms with Crippen LogP contribution in [0.1, 0.15) is 37.7 Å². The van der Waals surface area contributed by atoms with Gasteiger partial charge >= 0.3 is 0 Å². The van der Waals surface area contributed by atoms with Crippen LogP contribution in [-0.2, 0) is 17.6 Å². The zero-order chi connectivity index (χ0) is 18.1. The first-order valence-corrected chi connectivity index (χ1v) is 9.38. The molecule has 0 unspecified atom stereocenters. The normalized spacial score (nSPS) is 16.2. The Balaban J connectivity index is 1.71. The summed E-state index contributed by atoms with van der Waals surface area (Å²) in [4.78, 5) is 28.4. The van der Waals surface area contributed by atoms with Gasteiger partial charge in [-0.3, -0.25) is 9.59 Å². The molecule has 0 saturated carbocycles. The molecule has 1 aromatic carbocycles. The SMILES string of the molecule is Cc1ccc(NC(=O)[C@H]2CCc3sc(C(=O)N(C)C)cc3C2)c(C)c1. The van der Waals surface area contributed by atoms with E-state index in [1.807, 2.05) is 32.0 Å². The van der Waals surface area contributed by atoms with Gasteiger partial charge in [-0.15, -0.1) is 11.3 Å². The Labute approximate surface area is 152 Å². The van der Waals surface area contributed by atoms with Crippen LogP contribution in [0.4, 0.5) is 5.69 Å². The predicted octanol–water partition coefficient (Wildman–Crippen LogP) is 3.81. The number of amides is 2. The Morgan fingerprint density at radius 2 is 1.96 bits per heavy atom. The monoisotopic (exact) mass is 356 g/mol. The Kier molecular flexibility index (Phi) is 4.95.